The third-order valence-electron chi connectivity index (χ3n) is 2.78. The fraction of sp³-hybridized carbons (Fsp3) is 0.545. The molecule has 1 aliphatic heterocycles. The highest BCUT2D eigenvalue weighted by molar-refractivity contribution is 7.85. The number of rotatable bonds is 2. The van der Waals surface area contributed by atoms with Crippen LogP contribution in [0, 0.1) is 0 Å². The number of aromatic nitrogens is 1. The molecule has 1 fully saturated rings. The molecule has 2 rings (SSSR count). The van der Waals surface area contributed by atoms with Gasteiger partial charge in [-0.1, -0.05) is 0 Å². The van der Waals surface area contributed by atoms with E-state index in [0.717, 1.165) is 36.0 Å². The highest BCUT2D eigenvalue weighted by Crippen LogP contribution is 2.17. The summed E-state index contributed by atoms with van der Waals surface area (Å²) in [6.07, 6.45) is 1.85. The molecule has 0 radical (unpaired) electrons. The van der Waals surface area contributed by atoms with Crippen molar-refractivity contribution in [1.29, 1.82) is 0 Å². The van der Waals surface area contributed by atoms with Crippen molar-refractivity contribution in [3.05, 3.63) is 24.0 Å². The van der Waals surface area contributed by atoms with Crippen LogP contribution in [-0.2, 0) is 10.8 Å². The first-order chi connectivity index (χ1) is 7.66. The molecule has 0 saturated carbocycles. The van der Waals surface area contributed by atoms with Crippen molar-refractivity contribution in [3.8, 4) is 0 Å². The molecule has 16 heavy (non-hydrogen) atoms. The van der Waals surface area contributed by atoms with Gasteiger partial charge in [0.25, 0.3) is 0 Å². The average molecular weight is 239 g/mol. The van der Waals surface area contributed by atoms with E-state index in [2.05, 4.69) is 9.88 Å². The lowest BCUT2D eigenvalue weighted by Gasteiger charge is -2.28. The maximum absolute atomic E-state index is 11.2. The highest BCUT2D eigenvalue weighted by Gasteiger charge is 2.15. The van der Waals surface area contributed by atoms with Gasteiger partial charge in [-0.05, 0) is 19.1 Å². The molecule has 5 heteroatoms. The van der Waals surface area contributed by atoms with Crippen LogP contribution >= 0.6 is 0 Å². The largest absolute Gasteiger partial charge is 0.368 e. The molecule has 0 unspecified atom stereocenters. The monoisotopic (exact) mass is 239 g/mol. The van der Waals surface area contributed by atoms with Crippen molar-refractivity contribution < 1.29 is 4.21 Å². The van der Waals surface area contributed by atoms with Crippen molar-refractivity contribution in [1.82, 2.24) is 4.98 Å². The van der Waals surface area contributed by atoms with E-state index in [9.17, 15) is 4.21 Å². The lowest BCUT2D eigenvalue weighted by Crippen LogP contribution is -2.37. The van der Waals surface area contributed by atoms with Crippen molar-refractivity contribution in [2.75, 3.05) is 29.5 Å². The van der Waals surface area contributed by atoms with E-state index in [1.54, 1.807) is 0 Å². The Hall–Kier alpha value is -0.940. The van der Waals surface area contributed by atoms with Gasteiger partial charge in [-0.25, -0.2) is 0 Å². The Bertz CT molecular complexity index is 367. The second-order valence-corrected chi connectivity index (χ2v) is 5.76. The Kier molecular flexibility index (Phi) is 3.56. The topological polar surface area (TPSA) is 59.2 Å². The van der Waals surface area contributed by atoms with Crippen molar-refractivity contribution in [2.45, 2.75) is 13.0 Å². The number of hydrogen-bond acceptors (Lipinski definition) is 4. The van der Waals surface area contributed by atoms with Crippen molar-refractivity contribution in [2.24, 2.45) is 5.73 Å². The Labute approximate surface area is 98.3 Å². The number of pyridine rings is 1. The van der Waals surface area contributed by atoms with Gasteiger partial charge >= 0.3 is 0 Å². The zero-order chi connectivity index (χ0) is 11.5. The van der Waals surface area contributed by atoms with E-state index in [4.69, 9.17) is 5.73 Å². The quantitative estimate of drug-likeness (QED) is 0.824. The molecule has 0 aliphatic carbocycles. The summed E-state index contributed by atoms with van der Waals surface area (Å²) >= 11 is 0. The van der Waals surface area contributed by atoms with E-state index < -0.39 is 10.8 Å². The van der Waals surface area contributed by atoms with Crippen LogP contribution in [0.25, 0.3) is 0 Å². The predicted octanol–water partition coefficient (Wildman–Crippen LogP) is 0.670. The number of nitrogens with zero attached hydrogens (tertiary/aromatic N) is 2. The van der Waals surface area contributed by atoms with Crippen molar-refractivity contribution >= 4 is 16.5 Å². The Morgan fingerprint density at radius 1 is 1.44 bits per heavy atom. The molecule has 1 saturated heterocycles. The lowest BCUT2D eigenvalue weighted by molar-refractivity contribution is 0.673. The van der Waals surface area contributed by atoms with Crippen LogP contribution in [0.1, 0.15) is 18.7 Å². The van der Waals surface area contributed by atoms with Gasteiger partial charge in [-0.3, -0.25) is 9.19 Å². The maximum atomic E-state index is 11.2. The summed E-state index contributed by atoms with van der Waals surface area (Å²) in [5, 5.41) is 0. The minimum Gasteiger partial charge on any atom is -0.368 e. The minimum absolute atomic E-state index is 0.0251. The minimum atomic E-state index is -0.628. The van der Waals surface area contributed by atoms with Crippen molar-refractivity contribution in [3.63, 3.8) is 0 Å². The smallest absolute Gasteiger partial charge is 0.0569 e. The molecule has 2 N–H and O–H groups in total. The predicted molar refractivity (Wildman–Crippen MR) is 66.9 cm³/mol. The molecule has 4 nitrogen and oxygen atoms in total. The van der Waals surface area contributed by atoms with Gasteiger partial charge in [0.05, 0.1) is 17.6 Å². The van der Waals surface area contributed by atoms with Crippen LogP contribution in [0.15, 0.2) is 18.3 Å². The molecule has 1 aromatic rings. The summed E-state index contributed by atoms with van der Waals surface area (Å²) < 4.78 is 11.2. The SMILES string of the molecule is C[C@H](N)c1ccc(N2CCS(=O)CC2)cn1. The fourth-order valence-corrected chi connectivity index (χ4v) is 2.80. The summed E-state index contributed by atoms with van der Waals surface area (Å²) in [5.74, 6) is 1.52. The fourth-order valence-electron chi connectivity index (χ4n) is 1.75. The van der Waals surface area contributed by atoms with E-state index in [1.165, 1.54) is 0 Å². The molecule has 0 amide bonds. The van der Waals surface area contributed by atoms with Gasteiger partial charge in [0, 0.05) is 41.4 Å². The average Bonchev–Trinajstić information content (AvgIpc) is 2.30. The van der Waals surface area contributed by atoms with Crippen LogP contribution in [-0.4, -0.2) is 33.8 Å². The summed E-state index contributed by atoms with van der Waals surface area (Å²) in [7, 11) is -0.628. The third kappa shape index (κ3) is 2.59. The molecule has 1 aliphatic rings. The Balaban J connectivity index is 2.07. The summed E-state index contributed by atoms with van der Waals surface area (Å²) in [5.41, 5.74) is 7.75. The first-order valence-corrected chi connectivity index (χ1v) is 6.97. The zero-order valence-corrected chi connectivity index (χ0v) is 10.2. The maximum Gasteiger partial charge on any atom is 0.0569 e. The first-order valence-electron chi connectivity index (χ1n) is 5.48. The van der Waals surface area contributed by atoms with Crippen LogP contribution in [0.2, 0.25) is 0 Å². The van der Waals surface area contributed by atoms with Crippen LogP contribution in [0.3, 0.4) is 0 Å². The molecule has 1 aromatic heterocycles. The summed E-state index contributed by atoms with van der Waals surface area (Å²) in [4.78, 5) is 6.55. The second-order valence-electron chi connectivity index (χ2n) is 4.07. The molecule has 0 bridgehead atoms. The molecule has 1 atom stereocenters. The highest BCUT2D eigenvalue weighted by atomic mass is 32.2. The molecule has 0 aromatic carbocycles. The number of nitrogens with two attached hydrogens (primary N) is 1. The standard InChI is InChI=1S/C11H17N3OS/c1-9(12)11-3-2-10(8-13-11)14-4-6-16(15)7-5-14/h2-3,8-9H,4-7,12H2,1H3/t9-/m0/s1. The zero-order valence-electron chi connectivity index (χ0n) is 9.43. The van der Waals surface area contributed by atoms with E-state index >= 15 is 0 Å². The van der Waals surface area contributed by atoms with Crippen LogP contribution in [0.5, 0.6) is 0 Å². The molecule has 0 spiro atoms. The van der Waals surface area contributed by atoms with Gasteiger partial charge < -0.3 is 10.6 Å². The van der Waals surface area contributed by atoms with Crippen LogP contribution in [0.4, 0.5) is 5.69 Å². The molecule has 88 valence electrons. The molecule has 2 heterocycles. The molecular formula is C11H17N3OS. The van der Waals surface area contributed by atoms with E-state index in [0.29, 0.717) is 0 Å². The Morgan fingerprint density at radius 3 is 2.62 bits per heavy atom. The van der Waals surface area contributed by atoms with Crippen LogP contribution < -0.4 is 10.6 Å². The Morgan fingerprint density at radius 2 is 2.12 bits per heavy atom. The van der Waals surface area contributed by atoms with Gasteiger partial charge in [0.1, 0.15) is 0 Å². The lowest BCUT2D eigenvalue weighted by atomic mass is 10.2. The number of anilines is 1. The summed E-state index contributed by atoms with van der Waals surface area (Å²) in [6, 6.07) is 3.98. The molecular weight excluding hydrogens is 222 g/mol. The summed E-state index contributed by atoms with van der Waals surface area (Å²) in [6.45, 7) is 3.63. The third-order valence-corrected chi connectivity index (χ3v) is 4.06. The number of hydrogen-bond donors (Lipinski definition) is 1. The van der Waals surface area contributed by atoms with Gasteiger partial charge in [-0.2, -0.15) is 0 Å². The van der Waals surface area contributed by atoms with E-state index in [-0.39, 0.29) is 6.04 Å². The normalized spacial score (nSPS) is 19.8. The van der Waals surface area contributed by atoms with Gasteiger partial charge in [0.2, 0.25) is 0 Å². The second kappa shape index (κ2) is 4.93. The first kappa shape index (κ1) is 11.5. The van der Waals surface area contributed by atoms with Gasteiger partial charge in [0.15, 0.2) is 0 Å². The van der Waals surface area contributed by atoms with E-state index in [1.807, 2.05) is 25.3 Å². The van der Waals surface area contributed by atoms with Gasteiger partial charge in [-0.15, -0.1) is 0 Å².